The molecule has 2 unspecified atom stereocenters. The lowest BCUT2D eigenvalue weighted by Gasteiger charge is -2.35. The third-order valence-corrected chi connectivity index (χ3v) is 3.69. The van der Waals surface area contributed by atoms with Gasteiger partial charge in [-0.25, -0.2) is 0 Å². The number of nitrogens with one attached hydrogen (secondary N) is 1. The molecule has 0 bridgehead atoms. The molecule has 0 spiro atoms. The van der Waals surface area contributed by atoms with Crippen LogP contribution in [-0.4, -0.2) is 5.54 Å². The number of benzene rings is 1. The number of allylic oxidation sites excluding steroid dienone is 2. The summed E-state index contributed by atoms with van der Waals surface area (Å²) in [5.41, 5.74) is 1.15. The minimum absolute atomic E-state index is 0.00256. The molecular weight excluding hydrogens is 262 g/mol. The molecule has 2 atom stereocenters. The average Bonchev–Trinajstić information content (AvgIpc) is 2.26. The van der Waals surface area contributed by atoms with Crippen molar-refractivity contribution in [1.29, 1.82) is 0 Å². The quantitative estimate of drug-likeness (QED) is 0.846. The Balaban J connectivity index is 2.17. The SMILES string of the molecule is CC1C=CC=CC1(C)Nc1ccc(Br)cc1. The molecule has 2 heteroatoms. The maximum Gasteiger partial charge on any atom is 0.0591 e. The molecular formula is C14H16BrN. The standard InChI is InChI=1S/C14H16BrN/c1-11-5-3-4-10-14(11,2)16-13-8-6-12(15)7-9-13/h3-11,16H,1-2H3. The molecule has 1 nitrogen and oxygen atoms in total. The summed E-state index contributed by atoms with van der Waals surface area (Å²) in [5, 5.41) is 3.58. The van der Waals surface area contributed by atoms with E-state index in [1.165, 1.54) is 0 Å². The Bertz CT molecular complexity index is 419. The molecule has 0 saturated heterocycles. The second-order valence-corrected chi connectivity index (χ2v) is 5.36. The van der Waals surface area contributed by atoms with Gasteiger partial charge in [0.05, 0.1) is 5.54 Å². The summed E-state index contributed by atoms with van der Waals surface area (Å²) in [4.78, 5) is 0. The van der Waals surface area contributed by atoms with Crippen LogP contribution in [0, 0.1) is 5.92 Å². The summed E-state index contributed by atoms with van der Waals surface area (Å²) in [6.07, 6.45) is 8.66. The fourth-order valence-electron chi connectivity index (χ4n) is 1.84. The summed E-state index contributed by atoms with van der Waals surface area (Å²) >= 11 is 3.44. The van der Waals surface area contributed by atoms with Gasteiger partial charge in [0.25, 0.3) is 0 Å². The van der Waals surface area contributed by atoms with E-state index in [1.54, 1.807) is 0 Å². The average molecular weight is 278 g/mol. The lowest BCUT2D eigenvalue weighted by atomic mass is 9.83. The van der Waals surface area contributed by atoms with Crippen molar-refractivity contribution < 1.29 is 0 Å². The molecule has 0 heterocycles. The largest absolute Gasteiger partial charge is 0.376 e. The highest BCUT2D eigenvalue weighted by Crippen LogP contribution is 2.28. The van der Waals surface area contributed by atoms with Gasteiger partial charge in [0.2, 0.25) is 0 Å². The van der Waals surface area contributed by atoms with E-state index in [0.29, 0.717) is 5.92 Å². The third kappa shape index (κ3) is 2.38. The first-order chi connectivity index (χ1) is 7.60. The number of rotatable bonds is 2. The van der Waals surface area contributed by atoms with Crippen molar-refractivity contribution in [2.45, 2.75) is 19.4 Å². The van der Waals surface area contributed by atoms with Gasteiger partial charge < -0.3 is 5.32 Å². The predicted octanol–water partition coefficient (Wildman–Crippen LogP) is 4.38. The topological polar surface area (TPSA) is 12.0 Å². The minimum atomic E-state index is 0.00256. The fraction of sp³-hybridized carbons (Fsp3) is 0.286. The van der Waals surface area contributed by atoms with Crippen LogP contribution in [0.5, 0.6) is 0 Å². The van der Waals surface area contributed by atoms with Gasteiger partial charge in [-0.2, -0.15) is 0 Å². The van der Waals surface area contributed by atoms with Gasteiger partial charge >= 0.3 is 0 Å². The molecule has 0 amide bonds. The van der Waals surface area contributed by atoms with Crippen LogP contribution in [0.25, 0.3) is 0 Å². The Kier molecular flexibility index (Phi) is 3.20. The molecule has 0 fully saturated rings. The summed E-state index contributed by atoms with van der Waals surface area (Å²) in [6.45, 7) is 4.45. The Labute approximate surface area is 105 Å². The molecule has 0 saturated carbocycles. The summed E-state index contributed by atoms with van der Waals surface area (Å²) in [5.74, 6) is 0.487. The lowest BCUT2D eigenvalue weighted by molar-refractivity contribution is 0.493. The highest BCUT2D eigenvalue weighted by molar-refractivity contribution is 9.10. The zero-order valence-corrected chi connectivity index (χ0v) is 11.2. The Morgan fingerprint density at radius 3 is 2.50 bits per heavy atom. The van der Waals surface area contributed by atoms with Gasteiger partial charge in [-0.05, 0) is 31.2 Å². The van der Waals surface area contributed by atoms with E-state index in [-0.39, 0.29) is 5.54 Å². The zero-order chi connectivity index (χ0) is 11.6. The van der Waals surface area contributed by atoms with Crippen LogP contribution in [-0.2, 0) is 0 Å². The first-order valence-electron chi connectivity index (χ1n) is 5.50. The van der Waals surface area contributed by atoms with E-state index >= 15 is 0 Å². The monoisotopic (exact) mass is 277 g/mol. The van der Waals surface area contributed by atoms with Crippen LogP contribution >= 0.6 is 15.9 Å². The summed E-state index contributed by atoms with van der Waals surface area (Å²) < 4.78 is 1.11. The third-order valence-electron chi connectivity index (χ3n) is 3.16. The normalized spacial score (nSPS) is 28.1. The second kappa shape index (κ2) is 4.46. The molecule has 1 N–H and O–H groups in total. The molecule has 0 aromatic heterocycles. The summed E-state index contributed by atoms with van der Waals surface area (Å²) in [6, 6.07) is 8.29. The van der Waals surface area contributed by atoms with Crippen LogP contribution < -0.4 is 5.32 Å². The Hall–Kier alpha value is -1.02. The van der Waals surface area contributed by atoms with Gasteiger partial charge in [0.15, 0.2) is 0 Å². The number of anilines is 1. The van der Waals surface area contributed by atoms with Crippen LogP contribution in [0.15, 0.2) is 53.0 Å². The van der Waals surface area contributed by atoms with Crippen LogP contribution in [0.2, 0.25) is 0 Å². The van der Waals surface area contributed by atoms with E-state index in [1.807, 2.05) is 0 Å². The van der Waals surface area contributed by atoms with Gasteiger partial charge in [-0.1, -0.05) is 47.2 Å². The minimum Gasteiger partial charge on any atom is -0.376 e. The highest BCUT2D eigenvalue weighted by Gasteiger charge is 2.27. The first-order valence-corrected chi connectivity index (χ1v) is 6.29. The van der Waals surface area contributed by atoms with E-state index in [4.69, 9.17) is 0 Å². The van der Waals surface area contributed by atoms with E-state index < -0.39 is 0 Å². The number of halogens is 1. The number of hydrogen-bond donors (Lipinski definition) is 1. The lowest BCUT2D eigenvalue weighted by Crippen LogP contribution is -2.39. The number of hydrogen-bond acceptors (Lipinski definition) is 1. The van der Waals surface area contributed by atoms with Gasteiger partial charge in [0, 0.05) is 16.1 Å². The van der Waals surface area contributed by atoms with Gasteiger partial charge in [0.1, 0.15) is 0 Å². The fourth-order valence-corrected chi connectivity index (χ4v) is 2.10. The van der Waals surface area contributed by atoms with Crippen molar-refractivity contribution in [2.75, 3.05) is 5.32 Å². The van der Waals surface area contributed by atoms with Crippen molar-refractivity contribution in [3.8, 4) is 0 Å². The molecule has 0 radical (unpaired) electrons. The summed E-state index contributed by atoms with van der Waals surface area (Å²) in [7, 11) is 0. The molecule has 84 valence electrons. The smallest absolute Gasteiger partial charge is 0.0591 e. The highest BCUT2D eigenvalue weighted by atomic mass is 79.9. The molecule has 2 rings (SSSR count). The van der Waals surface area contributed by atoms with Crippen molar-refractivity contribution in [3.05, 3.63) is 53.0 Å². The van der Waals surface area contributed by atoms with Crippen molar-refractivity contribution in [3.63, 3.8) is 0 Å². The van der Waals surface area contributed by atoms with Crippen molar-refractivity contribution >= 4 is 21.6 Å². The van der Waals surface area contributed by atoms with Crippen LogP contribution in [0.3, 0.4) is 0 Å². The molecule has 16 heavy (non-hydrogen) atoms. The second-order valence-electron chi connectivity index (χ2n) is 4.45. The maximum absolute atomic E-state index is 3.58. The molecule has 1 aromatic rings. The predicted molar refractivity (Wildman–Crippen MR) is 73.6 cm³/mol. The van der Waals surface area contributed by atoms with Crippen LogP contribution in [0.4, 0.5) is 5.69 Å². The first kappa shape index (κ1) is 11.5. The Morgan fingerprint density at radius 1 is 1.19 bits per heavy atom. The van der Waals surface area contributed by atoms with Crippen molar-refractivity contribution in [1.82, 2.24) is 0 Å². The van der Waals surface area contributed by atoms with E-state index in [9.17, 15) is 0 Å². The molecule has 1 aliphatic rings. The Morgan fingerprint density at radius 2 is 1.88 bits per heavy atom. The zero-order valence-electron chi connectivity index (χ0n) is 9.57. The van der Waals surface area contributed by atoms with Crippen molar-refractivity contribution in [2.24, 2.45) is 5.92 Å². The molecule has 1 aromatic carbocycles. The molecule has 1 aliphatic carbocycles. The molecule has 0 aliphatic heterocycles. The van der Waals surface area contributed by atoms with Gasteiger partial charge in [-0.3, -0.25) is 0 Å². The van der Waals surface area contributed by atoms with Crippen LogP contribution in [0.1, 0.15) is 13.8 Å². The van der Waals surface area contributed by atoms with Gasteiger partial charge in [-0.15, -0.1) is 0 Å². The van der Waals surface area contributed by atoms with E-state index in [0.717, 1.165) is 10.2 Å². The maximum atomic E-state index is 3.58. The van der Waals surface area contributed by atoms with E-state index in [2.05, 4.69) is 83.7 Å².